The molecule has 0 spiro atoms. The van der Waals surface area contributed by atoms with E-state index in [0.29, 0.717) is 31.1 Å². The van der Waals surface area contributed by atoms with Crippen LogP contribution in [-0.2, 0) is 14.8 Å². The number of aryl methyl sites for hydroxylation is 3. The van der Waals surface area contributed by atoms with Crippen molar-refractivity contribution in [3.8, 4) is 12.3 Å². The van der Waals surface area contributed by atoms with Crippen molar-refractivity contribution in [2.24, 2.45) is 0 Å². The molecule has 25 heavy (non-hydrogen) atoms. The summed E-state index contributed by atoms with van der Waals surface area (Å²) in [5.41, 5.74) is 2.60. The minimum Gasteiger partial charge on any atom is -0.344 e. The third-order valence-corrected chi connectivity index (χ3v) is 6.49. The molecule has 1 aliphatic heterocycles. The first-order valence-corrected chi connectivity index (χ1v) is 9.70. The van der Waals surface area contributed by atoms with Crippen molar-refractivity contribution in [2.45, 2.75) is 25.7 Å². The van der Waals surface area contributed by atoms with Gasteiger partial charge in [-0.25, -0.2) is 8.42 Å². The van der Waals surface area contributed by atoms with Gasteiger partial charge in [-0.1, -0.05) is 23.6 Å². The lowest BCUT2D eigenvalue weighted by Crippen LogP contribution is -2.51. The molecule has 1 heterocycles. The van der Waals surface area contributed by atoms with Gasteiger partial charge in [0.1, 0.15) is 0 Å². The molecular weight excluding hydrogens is 338 g/mol. The zero-order valence-electron chi connectivity index (χ0n) is 15.0. The van der Waals surface area contributed by atoms with Gasteiger partial charge in [0.2, 0.25) is 15.9 Å². The van der Waals surface area contributed by atoms with Crippen molar-refractivity contribution in [1.29, 1.82) is 0 Å². The molecule has 0 radical (unpaired) electrons. The monoisotopic (exact) mass is 363 g/mol. The number of hydrogen-bond acceptors (Lipinski definition) is 4. The van der Waals surface area contributed by atoms with Gasteiger partial charge in [-0.05, 0) is 31.9 Å². The standard InChI is InChI=1S/C18H25N3O3S/c1-5-6-19-17(22)13-20-7-9-21(10-8-20)25(23,24)18-15(3)11-14(2)12-16(18)4/h1,11-12H,6-10,13H2,2-4H3,(H,19,22). The minimum atomic E-state index is -3.53. The Hall–Kier alpha value is -1.88. The number of carbonyl (C=O) groups excluding carboxylic acids is 1. The number of amides is 1. The van der Waals surface area contributed by atoms with Gasteiger partial charge in [0, 0.05) is 26.2 Å². The molecule has 1 fully saturated rings. The van der Waals surface area contributed by atoms with Crippen molar-refractivity contribution >= 4 is 15.9 Å². The van der Waals surface area contributed by atoms with Gasteiger partial charge in [0.25, 0.3) is 0 Å². The summed E-state index contributed by atoms with van der Waals surface area (Å²) < 4.78 is 27.5. The quantitative estimate of drug-likeness (QED) is 0.781. The van der Waals surface area contributed by atoms with Gasteiger partial charge < -0.3 is 5.32 Å². The average Bonchev–Trinajstić information content (AvgIpc) is 2.52. The molecule has 1 aromatic carbocycles. The van der Waals surface area contributed by atoms with Gasteiger partial charge in [-0.2, -0.15) is 4.31 Å². The van der Waals surface area contributed by atoms with Crippen molar-refractivity contribution in [3.63, 3.8) is 0 Å². The highest BCUT2D eigenvalue weighted by molar-refractivity contribution is 7.89. The number of piperazine rings is 1. The van der Waals surface area contributed by atoms with Gasteiger partial charge in [0.15, 0.2) is 0 Å². The molecule has 0 aromatic heterocycles. The number of nitrogens with one attached hydrogen (secondary N) is 1. The molecule has 0 bridgehead atoms. The van der Waals surface area contributed by atoms with Gasteiger partial charge in [0.05, 0.1) is 18.0 Å². The predicted molar refractivity (Wildman–Crippen MR) is 97.7 cm³/mol. The van der Waals surface area contributed by atoms with E-state index in [1.165, 1.54) is 4.31 Å². The first kappa shape index (κ1) is 19.4. The first-order valence-electron chi connectivity index (χ1n) is 8.26. The highest BCUT2D eigenvalue weighted by Gasteiger charge is 2.31. The van der Waals surface area contributed by atoms with E-state index in [1.54, 1.807) is 0 Å². The lowest BCUT2D eigenvalue weighted by molar-refractivity contribution is -0.122. The van der Waals surface area contributed by atoms with E-state index in [4.69, 9.17) is 6.42 Å². The van der Waals surface area contributed by atoms with Crippen LogP contribution in [0.5, 0.6) is 0 Å². The predicted octanol–water partition coefficient (Wildman–Crippen LogP) is 0.668. The lowest BCUT2D eigenvalue weighted by Gasteiger charge is -2.34. The van der Waals surface area contributed by atoms with Crippen molar-refractivity contribution in [2.75, 3.05) is 39.3 Å². The fourth-order valence-electron chi connectivity index (χ4n) is 3.24. The van der Waals surface area contributed by atoms with Crippen LogP contribution in [0.3, 0.4) is 0 Å². The Labute approximate surface area is 150 Å². The summed E-state index contributed by atoms with van der Waals surface area (Å²) in [7, 11) is -3.53. The van der Waals surface area contributed by atoms with Gasteiger partial charge in [-0.3, -0.25) is 9.69 Å². The minimum absolute atomic E-state index is 0.139. The number of carbonyl (C=O) groups is 1. The topological polar surface area (TPSA) is 69.7 Å². The Bertz CT molecular complexity index is 765. The van der Waals surface area contributed by atoms with Crippen LogP contribution >= 0.6 is 0 Å². The Kier molecular flexibility index (Phi) is 6.22. The summed E-state index contributed by atoms with van der Waals surface area (Å²) in [6.07, 6.45) is 5.11. The van der Waals surface area contributed by atoms with E-state index < -0.39 is 10.0 Å². The molecule has 1 aromatic rings. The Morgan fingerprint density at radius 2 is 1.72 bits per heavy atom. The molecule has 2 rings (SSSR count). The normalized spacial score (nSPS) is 16.4. The summed E-state index contributed by atoms with van der Waals surface area (Å²) >= 11 is 0. The van der Waals surface area contributed by atoms with E-state index in [9.17, 15) is 13.2 Å². The van der Waals surface area contributed by atoms with Crippen LogP contribution in [0.25, 0.3) is 0 Å². The Morgan fingerprint density at radius 1 is 1.16 bits per heavy atom. The number of terminal acetylenes is 1. The molecule has 0 unspecified atom stereocenters. The molecule has 0 atom stereocenters. The Morgan fingerprint density at radius 3 is 2.24 bits per heavy atom. The van der Waals surface area contributed by atoms with Crippen LogP contribution in [-0.4, -0.2) is 62.8 Å². The number of nitrogens with zero attached hydrogens (tertiary/aromatic N) is 2. The van der Waals surface area contributed by atoms with Crippen LogP contribution in [0.2, 0.25) is 0 Å². The molecule has 0 saturated carbocycles. The van der Waals surface area contributed by atoms with Crippen LogP contribution in [0.4, 0.5) is 0 Å². The molecule has 1 saturated heterocycles. The summed E-state index contributed by atoms with van der Waals surface area (Å²) in [4.78, 5) is 14.0. The summed E-state index contributed by atoms with van der Waals surface area (Å²) in [5, 5.41) is 2.62. The maximum absolute atomic E-state index is 13.0. The SMILES string of the molecule is C#CCNC(=O)CN1CCN(S(=O)(=O)c2c(C)cc(C)cc2C)CC1. The molecule has 1 aliphatic rings. The fourth-order valence-corrected chi connectivity index (χ4v) is 5.07. The van der Waals surface area contributed by atoms with E-state index in [-0.39, 0.29) is 19.0 Å². The lowest BCUT2D eigenvalue weighted by atomic mass is 10.1. The van der Waals surface area contributed by atoms with Crippen LogP contribution < -0.4 is 5.32 Å². The van der Waals surface area contributed by atoms with E-state index in [2.05, 4.69) is 11.2 Å². The smallest absolute Gasteiger partial charge is 0.243 e. The fraction of sp³-hybridized carbons (Fsp3) is 0.500. The molecule has 0 aliphatic carbocycles. The number of sulfonamides is 1. The summed E-state index contributed by atoms with van der Waals surface area (Å²) in [6, 6.07) is 3.79. The second kappa shape index (κ2) is 8.00. The van der Waals surface area contributed by atoms with E-state index in [0.717, 1.165) is 16.7 Å². The maximum Gasteiger partial charge on any atom is 0.243 e. The van der Waals surface area contributed by atoms with Crippen LogP contribution in [0.1, 0.15) is 16.7 Å². The third-order valence-electron chi connectivity index (χ3n) is 4.29. The van der Waals surface area contributed by atoms with Crippen LogP contribution in [0, 0.1) is 33.1 Å². The zero-order valence-corrected chi connectivity index (χ0v) is 15.8. The van der Waals surface area contributed by atoms with Crippen LogP contribution in [0.15, 0.2) is 17.0 Å². The van der Waals surface area contributed by atoms with Crippen molar-refractivity contribution in [3.05, 3.63) is 28.8 Å². The zero-order chi connectivity index (χ0) is 18.6. The highest BCUT2D eigenvalue weighted by Crippen LogP contribution is 2.25. The number of benzene rings is 1. The van der Waals surface area contributed by atoms with Gasteiger partial charge in [-0.15, -0.1) is 6.42 Å². The average molecular weight is 363 g/mol. The number of hydrogen-bond donors (Lipinski definition) is 1. The molecular formula is C18H25N3O3S. The first-order chi connectivity index (χ1) is 11.8. The molecule has 1 amide bonds. The second-order valence-corrected chi connectivity index (χ2v) is 8.26. The second-order valence-electron chi connectivity index (χ2n) is 6.39. The largest absolute Gasteiger partial charge is 0.344 e. The summed E-state index contributed by atoms with van der Waals surface area (Å²) in [6.45, 7) is 7.85. The summed E-state index contributed by atoms with van der Waals surface area (Å²) in [5.74, 6) is 2.22. The number of rotatable bonds is 5. The molecule has 7 heteroatoms. The van der Waals surface area contributed by atoms with Crippen molar-refractivity contribution in [1.82, 2.24) is 14.5 Å². The highest BCUT2D eigenvalue weighted by atomic mass is 32.2. The Balaban J connectivity index is 2.05. The van der Waals surface area contributed by atoms with Crippen molar-refractivity contribution < 1.29 is 13.2 Å². The third kappa shape index (κ3) is 4.60. The van der Waals surface area contributed by atoms with E-state index >= 15 is 0 Å². The molecule has 1 N–H and O–H groups in total. The van der Waals surface area contributed by atoms with E-state index in [1.807, 2.05) is 37.8 Å². The molecule has 6 nitrogen and oxygen atoms in total. The molecule has 136 valence electrons. The maximum atomic E-state index is 13.0. The van der Waals surface area contributed by atoms with Gasteiger partial charge >= 0.3 is 0 Å².